The number of aryl methyl sites for hydroxylation is 1. The number of benzene rings is 1. The molecule has 0 bridgehead atoms. The number of sulfonamides is 1. The maximum Gasteiger partial charge on any atom is 0.238 e. The molecule has 8 heteroatoms. The number of nitrogens with two attached hydrogens (primary N) is 1. The first-order chi connectivity index (χ1) is 9.84. The number of anilines is 2. The van der Waals surface area contributed by atoms with Gasteiger partial charge in [0.05, 0.1) is 4.90 Å². The lowest BCUT2D eigenvalue weighted by Crippen LogP contribution is -2.20. The third kappa shape index (κ3) is 4.48. The van der Waals surface area contributed by atoms with Crippen molar-refractivity contribution in [3.8, 4) is 0 Å². The molecule has 2 aromatic rings. The van der Waals surface area contributed by atoms with E-state index in [-0.39, 0.29) is 4.90 Å². The van der Waals surface area contributed by atoms with Gasteiger partial charge in [-0.2, -0.15) is 0 Å². The van der Waals surface area contributed by atoms with E-state index in [0.717, 1.165) is 5.56 Å². The van der Waals surface area contributed by atoms with E-state index in [9.17, 15) is 8.42 Å². The highest BCUT2D eigenvalue weighted by molar-refractivity contribution is 7.89. The minimum Gasteiger partial charge on any atom is -0.332 e. The van der Waals surface area contributed by atoms with Crippen LogP contribution < -0.4 is 15.8 Å². The van der Waals surface area contributed by atoms with E-state index in [1.165, 1.54) is 12.1 Å². The molecule has 0 atom stereocenters. The Labute approximate surface area is 128 Å². The van der Waals surface area contributed by atoms with E-state index in [1.807, 2.05) is 19.1 Å². The molecule has 1 aromatic heterocycles. The first-order valence-electron chi connectivity index (χ1n) is 5.98. The summed E-state index contributed by atoms with van der Waals surface area (Å²) >= 11 is 5.16. The maximum atomic E-state index is 11.2. The molecule has 0 fully saturated rings. The zero-order valence-corrected chi connectivity index (χ0v) is 12.8. The first kappa shape index (κ1) is 15.4. The third-order valence-corrected chi connectivity index (χ3v) is 3.73. The fourth-order valence-corrected chi connectivity index (χ4v) is 2.35. The molecule has 0 saturated heterocycles. The van der Waals surface area contributed by atoms with Crippen LogP contribution in [0.2, 0.25) is 0 Å². The minimum atomic E-state index is -3.69. The normalized spacial score (nSPS) is 11.0. The van der Waals surface area contributed by atoms with E-state index in [2.05, 4.69) is 15.6 Å². The zero-order valence-electron chi connectivity index (χ0n) is 11.2. The Morgan fingerprint density at radius 3 is 2.43 bits per heavy atom. The second kappa shape index (κ2) is 6.17. The molecule has 0 saturated carbocycles. The second-order valence-corrected chi connectivity index (χ2v) is 6.34. The number of aromatic nitrogens is 1. The average Bonchev–Trinajstić information content (AvgIpc) is 2.38. The molecule has 0 unspecified atom stereocenters. The van der Waals surface area contributed by atoms with Crippen LogP contribution in [-0.2, 0) is 10.0 Å². The Morgan fingerprint density at radius 1 is 1.19 bits per heavy atom. The lowest BCUT2D eigenvalue weighted by Gasteiger charge is -2.10. The van der Waals surface area contributed by atoms with E-state index >= 15 is 0 Å². The van der Waals surface area contributed by atoms with Gasteiger partial charge >= 0.3 is 0 Å². The van der Waals surface area contributed by atoms with Crippen LogP contribution in [0.3, 0.4) is 0 Å². The van der Waals surface area contributed by atoms with Gasteiger partial charge < -0.3 is 10.6 Å². The number of rotatable bonds is 3. The number of nitrogens with zero attached hydrogens (tertiary/aromatic N) is 1. The predicted octanol–water partition coefficient (Wildman–Crippen LogP) is 1.85. The molecular weight excluding hydrogens is 308 g/mol. The van der Waals surface area contributed by atoms with E-state index in [1.54, 1.807) is 18.3 Å². The number of hydrogen-bond donors (Lipinski definition) is 3. The van der Waals surface area contributed by atoms with Crippen LogP contribution in [0.1, 0.15) is 5.56 Å². The number of thiocarbonyl (C=S) groups is 1. The predicted molar refractivity (Wildman–Crippen MR) is 86.6 cm³/mol. The number of primary sulfonamides is 1. The van der Waals surface area contributed by atoms with Crippen LogP contribution in [0.5, 0.6) is 0 Å². The molecule has 0 aliphatic heterocycles. The van der Waals surface area contributed by atoms with Gasteiger partial charge in [-0.1, -0.05) is 0 Å². The summed E-state index contributed by atoms with van der Waals surface area (Å²) in [4.78, 5) is 4.18. The molecule has 1 aromatic carbocycles. The topological polar surface area (TPSA) is 97.1 Å². The summed E-state index contributed by atoms with van der Waals surface area (Å²) in [5, 5.41) is 11.3. The van der Waals surface area contributed by atoms with Gasteiger partial charge in [-0.3, -0.25) is 0 Å². The minimum absolute atomic E-state index is 0.0484. The maximum absolute atomic E-state index is 11.2. The summed E-state index contributed by atoms with van der Waals surface area (Å²) in [6, 6.07) is 9.72. The van der Waals surface area contributed by atoms with Crippen molar-refractivity contribution < 1.29 is 8.42 Å². The highest BCUT2D eigenvalue weighted by Crippen LogP contribution is 2.13. The van der Waals surface area contributed by atoms with Gasteiger partial charge in [-0.05, 0) is 61.1 Å². The van der Waals surface area contributed by atoms with Crippen LogP contribution >= 0.6 is 12.2 Å². The smallest absolute Gasteiger partial charge is 0.238 e. The van der Waals surface area contributed by atoms with Crippen molar-refractivity contribution in [2.45, 2.75) is 11.8 Å². The van der Waals surface area contributed by atoms with Crippen LogP contribution in [0.25, 0.3) is 0 Å². The molecule has 6 nitrogen and oxygen atoms in total. The standard InChI is InChI=1S/C13H14N4O2S2/c1-9-6-7-15-12(8-9)17-13(20)16-10-2-4-11(5-3-10)21(14,18)19/h2-8H,1H3,(H2,14,18,19)(H2,15,16,17,20). The van der Waals surface area contributed by atoms with Crippen molar-refractivity contribution in [1.29, 1.82) is 0 Å². The van der Waals surface area contributed by atoms with E-state index < -0.39 is 10.0 Å². The van der Waals surface area contributed by atoms with Gasteiger partial charge in [0.1, 0.15) is 5.82 Å². The van der Waals surface area contributed by atoms with Gasteiger partial charge in [0.2, 0.25) is 10.0 Å². The molecule has 110 valence electrons. The lowest BCUT2D eigenvalue weighted by molar-refractivity contribution is 0.598. The van der Waals surface area contributed by atoms with Crippen molar-refractivity contribution in [3.63, 3.8) is 0 Å². The van der Waals surface area contributed by atoms with E-state index in [4.69, 9.17) is 17.4 Å². The van der Waals surface area contributed by atoms with Gasteiger partial charge in [0.25, 0.3) is 0 Å². The Balaban J connectivity index is 2.03. The second-order valence-electron chi connectivity index (χ2n) is 4.37. The molecule has 1 heterocycles. The van der Waals surface area contributed by atoms with Crippen LogP contribution in [-0.4, -0.2) is 18.5 Å². The number of nitrogens with one attached hydrogen (secondary N) is 2. The van der Waals surface area contributed by atoms with E-state index in [0.29, 0.717) is 16.6 Å². The lowest BCUT2D eigenvalue weighted by atomic mass is 10.3. The molecule has 0 amide bonds. The van der Waals surface area contributed by atoms with Crippen molar-refractivity contribution in [1.82, 2.24) is 4.98 Å². The van der Waals surface area contributed by atoms with Crippen LogP contribution in [0, 0.1) is 6.92 Å². The summed E-state index contributed by atoms with van der Waals surface area (Å²) in [6.07, 6.45) is 1.68. The Kier molecular flexibility index (Phi) is 4.51. The monoisotopic (exact) mass is 322 g/mol. The molecule has 0 aliphatic rings. The first-order valence-corrected chi connectivity index (χ1v) is 7.93. The van der Waals surface area contributed by atoms with Crippen molar-refractivity contribution in [2.24, 2.45) is 5.14 Å². The van der Waals surface area contributed by atoms with Crippen molar-refractivity contribution >= 4 is 38.9 Å². The summed E-state index contributed by atoms with van der Waals surface area (Å²) in [7, 11) is -3.69. The van der Waals surface area contributed by atoms with Crippen LogP contribution in [0.15, 0.2) is 47.5 Å². The molecule has 2 rings (SSSR count). The SMILES string of the molecule is Cc1ccnc(NC(=S)Nc2ccc(S(N)(=O)=O)cc2)c1. The zero-order chi connectivity index (χ0) is 15.5. The highest BCUT2D eigenvalue weighted by atomic mass is 32.2. The Bertz CT molecular complexity index is 758. The number of pyridine rings is 1. The largest absolute Gasteiger partial charge is 0.332 e. The van der Waals surface area contributed by atoms with Gasteiger partial charge in [-0.15, -0.1) is 0 Å². The van der Waals surface area contributed by atoms with Crippen molar-refractivity contribution in [3.05, 3.63) is 48.2 Å². The molecule has 0 radical (unpaired) electrons. The summed E-state index contributed by atoms with van der Waals surface area (Å²) in [6.45, 7) is 1.95. The molecule has 0 aliphatic carbocycles. The third-order valence-electron chi connectivity index (χ3n) is 2.60. The Hall–Kier alpha value is -2.03. The molecule has 4 N–H and O–H groups in total. The molecular formula is C13H14N4O2S2. The number of hydrogen-bond acceptors (Lipinski definition) is 4. The fraction of sp³-hybridized carbons (Fsp3) is 0.0769. The summed E-state index contributed by atoms with van der Waals surface area (Å²) < 4.78 is 22.3. The van der Waals surface area contributed by atoms with Crippen molar-refractivity contribution in [2.75, 3.05) is 10.6 Å². The van der Waals surface area contributed by atoms with Crippen LogP contribution in [0.4, 0.5) is 11.5 Å². The highest BCUT2D eigenvalue weighted by Gasteiger charge is 2.07. The Morgan fingerprint density at radius 2 is 1.86 bits per heavy atom. The van der Waals surface area contributed by atoms with Gasteiger partial charge in [0.15, 0.2) is 5.11 Å². The fourth-order valence-electron chi connectivity index (χ4n) is 1.61. The van der Waals surface area contributed by atoms with Gasteiger partial charge in [-0.25, -0.2) is 18.5 Å². The molecule has 21 heavy (non-hydrogen) atoms. The average molecular weight is 322 g/mol. The van der Waals surface area contributed by atoms with Gasteiger partial charge in [0, 0.05) is 11.9 Å². The summed E-state index contributed by atoms with van der Waals surface area (Å²) in [5.74, 6) is 0.633. The molecule has 0 spiro atoms. The quantitative estimate of drug-likeness (QED) is 0.746. The summed E-state index contributed by atoms with van der Waals surface area (Å²) in [5.41, 5.74) is 1.71.